The summed E-state index contributed by atoms with van der Waals surface area (Å²) >= 11 is 6.10. The molecule has 7 nitrogen and oxygen atoms in total. The highest BCUT2D eigenvalue weighted by Crippen LogP contribution is 2.29. The topological polar surface area (TPSA) is 77.7 Å². The van der Waals surface area contributed by atoms with Crippen LogP contribution in [0.15, 0.2) is 42.5 Å². The second-order valence-corrected chi connectivity index (χ2v) is 8.14. The van der Waals surface area contributed by atoms with Gasteiger partial charge in [0.1, 0.15) is 5.69 Å². The number of anilines is 2. The molecule has 0 saturated carbocycles. The van der Waals surface area contributed by atoms with Crippen molar-refractivity contribution in [3.05, 3.63) is 58.7 Å². The van der Waals surface area contributed by atoms with Crippen molar-refractivity contribution >= 4 is 45.8 Å². The van der Waals surface area contributed by atoms with Gasteiger partial charge in [0.05, 0.1) is 19.3 Å². The van der Waals surface area contributed by atoms with E-state index in [-0.39, 0.29) is 18.1 Å². The van der Waals surface area contributed by atoms with E-state index in [4.69, 9.17) is 16.3 Å². The predicted octanol–water partition coefficient (Wildman–Crippen LogP) is 3.68. The molecule has 0 bridgehead atoms. The molecule has 3 aromatic rings. The van der Waals surface area contributed by atoms with Crippen molar-refractivity contribution in [1.29, 1.82) is 0 Å². The Morgan fingerprint density at radius 1 is 1.13 bits per heavy atom. The van der Waals surface area contributed by atoms with Crippen molar-refractivity contribution in [3.8, 4) is 0 Å². The van der Waals surface area contributed by atoms with Gasteiger partial charge in [0.25, 0.3) is 0 Å². The summed E-state index contributed by atoms with van der Waals surface area (Å²) in [5.74, 6) is -0.678. The van der Waals surface area contributed by atoms with Crippen LogP contribution in [0, 0.1) is 6.92 Å². The standard InChI is InChI=1S/C23H25ClN4O3/c1-15-6-7-19-18(12-15)21(22(25-19)23(30)31-2)26-20(29)14-27-8-10-28(11-9-27)17-5-3-4-16(24)13-17/h3-7,12-13,25H,8-11,14H2,1-2H3,(H,26,29). The summed E-state index contributed by atoms with van der Waals surface area (Å²) in [6.07, 6.45) is 0. The molecule has 0 aliphatic carbocycles. The van der Waals surface area contributed by atoms with Crippen molar-refractivity contribution in [2.45, 2.75) is 6.92 Å². The van der Waals surface area contributed by atoms with Crippen LogP contribution >= 0.6 is 11.6 Å². The van der Waals surface area contributed by atoms with Crippen molar-refractivity contribution in [3.63, 3.8) is 0 Å². The molecule has 4 rings (SSSR count). The molecule has 1 aliphatic heterocycles. The highest BCUT2D eigenvalue weighted by Gasteiger charge is 2.23. The lowest BCUT2D eigenvalue weighted by molar-refractivity contribution is -0.117. The Balaban J connectivity index is 1.43. The third-order valence-corrected chi connectivity index (χ3v) is 5.76. The Bertz CT molecular complexity index is 1120. The molecule has 0 spiro atoms. The van der Waals surface area contributed by atoms with Gasteiger partial charge in [-0.1, -0.05) is 29.3 Å². The van der Waals surface area contributed by atoms with Crippen LogP contribution < -0.4 is 10.2 Å². The summed E-state index contributed by atoms with van der Waals surface area (Å²) in [4.78, 5) is 32.5. The summed E-state index contributed by atoms with van der Waals surface area (Å²) in [5.41, 5.74) is 3.62. The van der Waals surface area contributed by atoms with Gasteiger partial charge in [0.15, 0.2) is 0 Å². The number of methoxy groups -OCH3 is 1. The van der Waals surface area contributed by atoms with Crippen LogP contribution in [0.5, 0.6) is 0 Å². The lowest BCUT2D eigenvalue weighted by Gasteiger charge is -2.35. The van der Waals surface area contributed by atoms with Crippen LogP contribution in [0.2, 0.25) is 5.02 Å². The van der Waals surface area contributed by atoms with Gasteiger partial charge in [-0.2, -0.15) is 0 Å². The van der Waals surface area contributed by atoms with Gasteiger partial charge >= 0.3 is 5.97 Å². The van der Waals surface area contributed by atoms with E-state index < -0.39 is 5.97 Å². The number of benzene rings is 2. The molecule has 2 aromatic carbocycles. The van der Waals surface area contributed by atoms with E-state index >= 15 is 0 Å². The van der Waals surface area contributed by atoms with Gasteiger partial charge < -0.3 is 19.9 Å². The fraction of sp³-hybridized carbons (Fsp3) is 0.304. The minimum absolute atomic E-state index is 0.163. The molecule has 31 heavy (non-hydrogen) atoms. The zero-order valence-electron chi connectivity index (χ0n) is 17.6. The molecule has 1 amide bonds. The molecule has 2 heterocycles. The number of aryl methyl sites for hydroxylation is 1. The first-order chi connectivity index (χ1) is 14.9. The average molecular weight is 441 g/mol. The van der Waals surface area contributed by atoms with Crippen LogP contribution in [0.4, 0.5) is 11.4 Å². The van der Waals surface area contributed by atoms with Gasteiger partial charge in [0, 0.05) is 47.8 Å². The number of nitrogens with zero attached hydrogens (tertiary/aromatic N) is 2. The normalized spacial score (nSPS) is 14.6. The largest absolute Gasteiger partial charge is 0.464 e. The Morgan fingerprint density at radius 2 is 1.90 bits per heavy atom. The Morgan fingerprint density at radius 3 is 2.61 bits per heavy atom. The number of rotatable bonds is 5. The van der Waals surface area contributed by atoms with Crippen LogP contribution in [-0.2, 0) is 9.53 Å². The number of amides is 1. The number of carbonyl (C=O) groups is 2. The van der Waals surface area contributed by atoms with E-state index in [1.54, 1.807) is 0 Å². The SMILES string of the molecule is COC(=O)c1[nH]c2ccc(C)cc2c1NC(=O)CN1CCN(c2cccc(Cl)c2)CC1. The highest BCUT2D eigenvalue weighted by molar-refractivity contribution is 6.30. The third-order valence-electron chi connectivity index (χ3n) is 5.52. The van der Waals surface area contributed by atoms with Gasteiger partial charge in [-0.15, -0.1) is 0 Å². The number of hydrogen-bond donors (Lipinski definition) is 2. The number of halogens is 1. The fourth-order valence-electron chi connectivity index (χ4n) is 3.91. The number of esters is 1. The van der Waals surface area contributed by atoms with E-state index in [0.29, 0.717) is 5.69 Å². The predicted molar refractivity (Wildman–Crippen MR) is 123 cm³/mol. The molecule has 1 aliphatic rings. The third kappa shape index (κ3) is 4.68. The lowest BCUT2D eigenvalue weighted by atomic mass is 10.1. The van der Waals surface area contributed by atoms with Gasteiger partial charge in [-0.25, -0.2) is 4.79 Å². The molecule has 2 N–H and O–H groups in total. The number of ether oxygens (including phenoxy) is 1. The smallest absolute Gasteiger partial charge is 0.356 e. The molecule has 1 saturated heterocycles. The zero-order chi connectivity index (χ0) is 22.0. The summed E-state index contributed by atoms with van der Waals surface area (Å²) in [5, 5.41) is 4.44. The van der Waals surface area contributed by atoms with E-state index in [1.165, 1.54) is 7.11 Å². The zero-order valence-corrected chi connectivity index (χ0v) is 18.3. The van der Waals surface area contributed by atoms with Crippen molar-refractivity contribution in [1.82, 2.24) is 9.88 Å². The first kappa shape index (κ1) is 21.2. The number of H-pyrrole nitrogens is 1. The fourth-order valence-corrected chi connectivity index (χ4v) is 4.09. The minimum atomic E-state index is -0.515. The number of piperazine rings is 1. The number of fused-ring (bicyclic) bond motifs is 1. The Kier molecular flexibility index (Phi) is 6.15. The van der Waals surface area contributed by atoms with E-state index in [0.717, 1.165) is 53.4 Å². The van der Waals surface area contributed by atoms with Gasteiger partial charge in [0.2, 0.25) is 5.91 Å². The van der Waals surface area contributed by atoms with E-state index in [9.17, 15) is 9.59 Å². The van der Waals surface area contributed by atoms with Crippen LogP contribution in [0.1, 0.15) is 16.1 Å². The summed E-state index contributed by atoms with van der Waals surface area (Å²) in [6.45, 7) is 5.37. The van der Waals surface area contributed by atoms with Crippen LogP contribution in [0.3, 0.4) is 0 Å². The van der Waals surface area contributed by atoms with Crippen molar-refractivity contribution in [2.75, 3.05) is 50.1 Å². The van der Waals surface area contributed by atoms with Crippen LogP contribution in [0.25, 0.3) is 10.9 Å². The molecular formula is C23H25ClN4O3. The van der Waals surface area contributed by atoms with Gasteiger partial charge in [-0.3, -0.25) is 9.69 Å². The Hall–Kier alpha value is -3.03. The van der Waals surface area contributed by atoms with E-state index in [2.05, 4.69) is 20.1 Å². The maximum Gasteiger partial charge on any atom is 0.356 e. The first-order valence-corrected chi connectivity index (χ1v) is 10.6. The van der Waals surface area contributed by atoms with Crippen LogP contribution in [-0.4, -0.2) is 61.6 Å². The number of hydrogen-bond acceptors (Lipinski definition) is 5. The van der Waals surface area contributed by atoms with Crippen molar-refractivity contribution in [2.24, 2.45) is 0 Å². The molecule has 1 fully saturated rings. The van der Waals surface area contributed by atoms with Gasteiger partial charge in [-0.05, 0) is 37.3 Å². The summed E-state index contributed by atoms with van der Waals surface area (Å²) in [6, 6.07) is 13.6. The highest BCUT2D eigenvalue weighted by atomic mass is 35.5. The molecule has 0 radical (unpaired) electrons. The molecule has 1 aromatic heterocycles. The molecule has 0 atom stereocenters. The summed E-state index contributed by atoms with van der Waals surface area (Å²) in [7, 11) is 1.32. The molecule has 162 valence electrons. The minimum Gasteiger partial charge on any atom is -0.464 e. The quantitative estimate of drug-likeness (QED) is 0.592. The average Bonchev–Trinajstić information content (AvgIpc) is 3.11. The van der Waals surface area contributed by atoms with E-state index in [1.807, 2.05) is 49.4 Å². The number of carbonyl (C=O) groups excluding carboxylic acids is 2. The first-order valence-electron chi connectivity index (χ1n) is 10.2. The number of aromatic amines is 1. The number of nitrogens with one attached hydrogen (secondary N) is 2. The monoisotopic (exact) mass is 440 g/mol. The second-order valence-electron chi connectivity index (χ2n) is 7.71. The molecule has 8 heteroatoms. The molecular weight excluding hydrogens is 416 g/mol. The second kappa shape index (κ2) is 8.99. The molecule has 0 unspecified atom stereocenters. The summed E-state index contributed by atoms with van der Waals surface area (Å²) < 4.78 is 4.88. The lowest BCUT2D eigenvalue weighted by Crippen LogP contribution is -2.48. The maximum atomic E-state index is 12.8. The maximum absolute atomic E-state index is 12.8. The van der Waals surface area contributed by atoms with Crippen molar-refractivity contribution < 1.29 is 14.3 Å². The number of aromatic nitrogens is 1. The Labute approximate surface area is 185 Å².